The molecule has 2 heterocycles. The molecule has 0 spiro atoms. The number of aryl methyl sites for hydroxylation is 1. The summed E-state index contributed by atoms with van der Waals surface area (Å²) in [6.45, 7) is 2.06. The van der Waals surface area contributed by atoms with Gasteiger partial charge in [-0.05, 0) is 49.2 Å². The highest BCUT2D eigenvalue weighted by Crippen LogP contribution is 2.26. The van der Waals surface area contributed by atoms with Gasteiger partial charge in [0, 0.05) is 34.6 Å². The van der Waals surface area contributed by atoms with Crippen LogP contribution in [0.2, 0.25) is 0 Å². The minimum absolute atomic E-state index is 0.257. The normalized spacial score (nSPS) is 11.4. The average Bonchev–Trinajstić information content (AvgIpc) is 3.16. The van der Waals surface area contributed by atoms with Gasteiger partial charge in [-0.25, -0.2) is 13.2 Å². The zero-order chi connectivity index (χ0) is 19.1. The third kappa shape index (κ3) is 3.16. The number of fused-ring (bicyclic) bond motifs is 2. The molecule has 4 rings (SSSR count). The van der Waals surface area contributed by atoms with Gasteiger partial charge in [-0.15, -0.1) is 0 Å². The lowest BCUT2D eigenvalue weighted by Crippen LogP contribution is -2.26. The van der Waals surface area contributed by atoms with E-state index in [1.807, 2.05) is 0 Å². The second kappa shape index (κ2) is 6.50. The fourth-order valence-corrected chi connectivity index (χ4v) is 3.35. The highest BCUT2D eigenvalue weighted by atomic mass is 19.1. The Morgan fingerprint density at radius 1 is 1.04 bits per heavy atom. The van der Waals surface area contributed by atoms with E-state index in [1.165, 1.54) is 18.2 Å². The van der Waals surface area contributed by atoms with Crippen LogP contribution in [-0.4, -0.2) is 22.4 Å². The molecule has 0 saturated carbocycles. The number of nitrogens with one attached hydrogen (secondary N) is 3. The van der Waals surface area contributed by atoms with Crippen molar-refractivity contribution in [2.45, 2.75) is 13.3 Å². The van der Waals surface area contributed by atoms with Gasteiger partial charge in [0.25, 0.3) is 5.91 Å². The van der Waals surface area contributed by atoms with Gasteiger partial charge in [0.15, 0.2) is 0 Å². The first-order valence-corrected chi connectivity index (χ1v) is 8.45. The zero-order valence-corrected chi connectivity index (χ0v) is 14.4. The third-order valence-corrected chi connectivity index (χ3v) is 4.63. The van der Waals surface area contributed by atoms with E-state index in [2.05, 4.69) is 15.3 Å². The van der Waals surface area contributed by atoms with Crippen LogP contribution in [-0.2, 0) is 6.42 Å². The zero-order valence-electron chi connectivity index (χ0n) is 14.4. The number of aromatic nitrogens is 2. The van der Waals surface area contributed by atoms with Crippen LogP contribution in [0.5, 0.6) is 0 Å². The summed E-state index contributed by atoms with van der Waals surface area (Å²) >= 11 is 0. The Morgan fingerprint density at radius 2 is 1.85 bits per heavy atom. The SMILES string of the molecule is Cc1[nH]c2c(F)cc(F)cc2c1CCNC(=O)c1cc2cc(F)ccc2[nH]1. The molecule has 0 atom stereocenters. The van der Waals surface area contributed by atoms with Crippen molar-refractivity contribution >= 4 is 27.7 Å². The summed E-state index contributed by atoms with van der Waals surface area (Å²) in [5, 5.41) is 3.85. The molecule has 0 aliphatic carbocycles. The van der Waals surface area contributed by atoms with Crippen LogP contribution >= 0.6 is 0 Å². The standard InChI is InChI=1S/C20H16F3N3O/c1-10-14(15-8-13(22)9-16(23)19(15)25-10)4-5-24-20(27)18-7-11-6-12(21)2-3-17(11)26-18/h2-3,6-9,25-26H,4-5H2,1H3,(H,24,27). The number of halogens is 3. The van der Waals surface area contributed by atoms with Gasteiger partial charge in [0.1, 0.15) is 23.1 Å². The maximum atomic E-state index is 13.9. The van der Waals surface area contributed by atoms with Crippen LogP contribution in [0.1, 0.15) is 21.7 Å². The first-order chi connectivity index (χ1) is 12.9. The molecule has 0 unspecified atom stereocenters. The molecule has 7 heteroatoms. The number of aromatic amines is 2. The van der Waals surface area contributed by atoms with Gasteiger partial charge in [0.05, 0.1) is 5.52 Å². The Labute approximate surface area is 152 Å². The number of carbonyl (C=O) groups is 1. The topological polar surface area (TPSA) is 60.7 Å². The van der Waals surface area contributed by atoms with Crippen molar-refractivity contribution in [3.05, 3.63) is 70.8 Å². The lowest BCUT2D eigenvalue weighted by molar-refractivity contribution is 0.0950. The molecule has 2 aromatic carbocycles. The molecule has 0 fully saturated rings. The van der Waals surface area contributed by atoms with Crippen molar-refractivity contribution < 1.29 is 18.0 Å². The number of hydrogen-bond acceptors (Lipinski definition) is 1. The number of rotatable bonds is 4. The van der Waals surface area contributed by atoms with Crippen LogP contribution in [0.15, 0.2) is 36.4 Å². The van der Waals surface area contributed by atoms with Crippen LogP contribution < -0.4 is 5.32 Å². The number of hydrogen-bond donors (Lipinski definition) is 3. The summed E-state index contributed by atoms with van der Waals surface area (Å²) in [6, 6.07) is 7.93. The molecule has 0 saturated heterocycles. The van der Waals surface area contributed by atoms with Crippen molar-refractivity contribution in [2.24, 2.45) is 0 Å². The summed E-state index contributed by atoms with van der Waals surface area (Å²) in [6.07, 6.45) is 0.412. The summed E-state index contributed by atoms with van der Waals surface area (Å²) < 4.78 is 40.7. The molecule has 27 heavy (non-hydrogen) atoms. The van der Waals surface area contributed by atoms with Gasteiger partial charge in [-0.1, -0.05) is 0 Å². The van der Waals surface area contributed by atoms with E-state index >= 15 is 0 Å². The van der Waals surface area contributed by atoms with Crippen molar-refractivity contribution in [1.82, 2.24) is 15.3 Å². The summed E-state index contributed by atoms with van der Waals surface area (Å²) in [4.78, 5) is 18.2. The van der Waals surface area contributed by atoms with Crippen LogP contribution in [0.3, 0.4) is 0 Å². The van der Waals surface area contributed by atoms with Crippen LogP contribution in [0.4, 0.5) is 13.2 Å². The highest BCUT2D eigenvalue weighted by molar-refractivity contribution is 5.98. The summed E-state index contributed by atoms with van der Waals surface area (Å²) in [5.74, 6) is -1.99. The highest BCUT2D eigenvalue weighted by Gasteiger charge is 2.14. The molecule has 1 amide bonds. The molecular weight excluding hydrogens is 355 g/mol. The van der Waals surface area contributed by atoms with Crippen LogP contribution in [0, 0.1) is 24.4 Å². The molecule has 4 aromatic rings. The van der Waals surface area contributed by atoms with Gasteiger partial charge >= 0.3 is 0 Å². The van der Waals surface area contributed by atoms with E-state index in [1.54, 1.807) is 19.1 Å². The number of benzene rings is 2. The molecular formula is C20H16F3N3O. The molecule has 4 nitrogen and oxygen atoms in total. The molecule has 3 N–H and O–H groups in total. The lowest BCUT2D eigenvalue weighted by Gasteiger charge is -2.05. The maximum Gasteiger partial charge on any atom is 0.267 e. The largest absolute Gasteiger partial charge is 0.356 e. The minimum atomic E-state index is -0.645. The van der Waals surface area contributed by atoms with Gasteiger partial charge in [-0.2, -0.15) is 0 Å². The molecule has 138 valence electrons. The fourth-order valence-electron chi connectivity index (χ4n) is 3.35. The first-order valence-electron chi connectivity index (χ1n) is 8.45. The lowest BCUT2D eigenvalue weighted by atomic mass is 10.1. The van der Waals surface area contributed by atoms with Crippen molar-refractivity contribution in [3.8, 4) is 0 Å². The minimum Gasteiger partial charge on any atom is -0.356 e. The Kier molecular flexibility index (Phi) is 4.14. The van der Waals surface area contributed by atoms with Crippen molar-refractivity contribution in [1.29, 1.82) is 0 Å². The van der Waals surface area contributed by atoms with E-state index in [9.17, 15) is 18.0 Å². The molecule has 2 aromatic heterocycles. The second-order valence-electron chi connectivity index (χ2n) is 6.46. The van der Waals surface area contributed by atoms with Crippen molar-refractivity contribution in [3.63, 3.8) is 0 Å². The van der Waals surface area contributed by atoms with Gasteiger partial charge in [0.2, 0.25) is 0 Å². The van der Waals surface area contributed by atoms with Crippen molar-refractivity contribution in [2.75, 3.05) is 6.54 Å². The third-order valence-electron chi connectivity index (χ3n) is 4.63. The first kappa shape index (κ1) is 17.2. The summed E-state index contributed by atoms with van der Waals surface area (Å²) in [5.41, 5.74) is 2.73. The predicted octanol–water partition coefficient (Wildman–Crippen LogP) is 4.35. The predicted molar refractivity (Wildman–Crippen MR) is 97.2 cm³/mol. The van der Waals surface area contributed by atoms with Crippen LogP contribution in [0.25, 0.3) is 21.8 Å². The molecule has 0 aliphatic heterocycles. The van der Waals surface area contributed by atoms with E-state index in [0.29, 0.717) is 28.4 Å². The maximum absolute atomic E-state index is 13.9. The van der Waals surface area contributed by atoms with E-state index in [0.717, 1.165) is 17.3 Å². The summed E-state index contributed by atoms with van der Waals surface area (Å²) in [7, 11) is 0. The quantitative estimate of drug-likeness (QED) is 0.491. The van der Waals surface area contributed by atoms with E-state index in [-0.39, 0.29) is 23.8 Å². The van der Waals surface area contributed by atoms with E-state index < -0.39 is 11.6 Å². The Balaban J connectivity index is 1.50. The average molecular weight is 371 g/mol. The number of H-pyrrole nitrogens is 2. The Morgan fingerprint density at radius 3 is 2.67 bits per heavy atom. The molecule has 0 aliphatic rings. The Hall–Kier alpha value is -3.22. The smallest absolute Gasteiger partial charge is 0.267 e. The van der Waals surface area contributed by atoms with Gasteiger partial charge < -0.3 is 15.3 Å². The van der Waals surface area contributed by atoms with E-state index in [4.69, 9.17) is 0 Å². The Bertz CT molecular complexity index is 1180. The van der Waals surface area contributed by atoms with Gasteiger partial charge in [-0.3, -0.25) is 4.79 Å². The monoisotopic (exact) mass is 371 g/mol. The second-order valence-corrected chi connectivity index (χ2v) is 6.46. The molecule has 0 bridgehead atoms. The fraction of sp³-hybridized carbons (Fsp3) is 0.150. The number of carbonyl (C=O) groups excluding carboxylic acids is 1. The number of amides is 1. The molecule has 0 radical (unpaired) electrons.